The molecule has 1 aliphatic heterocycles. The molecule has 7 nitrogen and oxygen atoms in total. The van der Waals surface area contributed by atoms with Gasteiger partial charge >= 0.3 is 0 Å². The summed E-state index contributed by atoms with van der Waals surface area (Å²) in [5.74, 6) is 0.380. The number of nitrogens with zero attached hydrogens (tertiary/aromatic N) is 5. The Kier molecular flexibility index (Phi) is 5.49. The van der Waals surface area contributed by atoms with Crippen LogP contribution in [0, 0.1) is 11.2 Å². The number of alkyl halides is 1. The predicted molar refractivity (Wildman–Crippen MR) is 128 cm³/mol. The Hall–Kier alpha value is -3.04. The van der Waals surface area contributed by atoms with Gasteiger partial charge in [0, 0.05) is 36.3 Å². The zero-order valence-electron chi connectivity index (χ0n) is 19.0. The van der Waals surface area contributed by atoms with Crippen molar-refractivity contribution >= 4 is 28.0 Å². The molecule has 0 N–H and O–H groups in total. The zero-order valence-corrected chi connectivity index (χ0v) is 19.7. The summed E-state index contributed by atoms with van der Waals surface area (Å²) in [6, 6.07) is 6.85. The smallest absolute Gasteiger partial charge is 0.262 e. The third-order valence-electron chi connectivity index (χ3n) is 7.30. The van der Waals surface area contributed by atoms with Gasteiger partial charge in [0.05, 0.1) is 16.5 Å². The summed E-state index contributed by atoms with van der Waals surface area (Å²) in [5.41, 5.74) is 1.15. The third kappa shape index (κ3) is 3.96. The molecular formula is C25H24ClF2N5O2. The van der Waals surface area contributed by atoms with E-state index in [1.54, 1.807) is 28.7 Å². The van der Waals surface area contributed by atoms with Crippen LogP contribution in [0.2, 0.25) is 5.02 Å². The second-order valence-corrected chi connectivity index (χ2v) is 10.2. The van der Waals surface area contributed by atoms with E-state index in [1.807, 2.05) is 0 Å². The summed E-state index contributed by atoms with van der Waals surface area (Å²) in [5, 5.41) is 8.97. The molecule has 4 heterocycles. The van der Waals surface area contributed by atoms with Crippen LogP contribution in [0.5, 0.6) is 5.75 Å². The van der Waals surface area contributed by atoms with E-state index in [4.69, 9.17) is 16.3 Å². The summed E-state index contributed by atoms with van der Waals surface area (Å²) in [6.45, 7) is 2.06. The number of aromatic nitrogens is 4. The number of hydrogen-bond donors (Lipinski definition) is 0. The lowest BCUT2D eigenvalue weighted by Gasteiger charge is -2.58. The minimum Gasteiger partial charge on any atom is -0.490 e. The van der Waals surface area contributed by atoms with Crippen molar-refractivity contribution in [3.8, 4) is 5.75 Å². The van der Waals surface area contributed by atoms with Gasteiger partial charge in [-0.15, -0.1) is 10.2 Å². The van der Waals surface area contributed by atoms with Crippen molar-refractivity contribution in [2.75, 3.05) is 19.6 Å². The lowest BCUT2D eigenvalue weighted by molar-refractivity contribution is -0.118. The maximum absolute atomic E-state index is 14.3. The van der Waals surface area contributed by atoms with Crippen molar-refractivity contribution in [3.63, 3.8) is 0 Å². The summed E-state index contributed by atoms with van der Waals surface area (Å²) >= 11 is 6.23. The Morgan fingerprint density at radius 3 is 2.86 bits per heavy atom. The molecule has 1 spiro atoms. The molecule has 3 aromatic heterocycles. The Labute approximate surface area is 204 Å². The van der Waals surface area contributed by atoms with Crippen molar-refractivity contribution in [1.82, 2.24) is 24.1 Å². The number of likely N-dealkylation sites (tertiary alicyclic amines) is 1. The minimum atomic E-state index is -0.899. The summed E-state index contributed by atoms with van der Waals surface area (Å²) in [4.78, 5) is 14.9. The van der Waals surface area contributed by atoms with Gasteiger partial charge in [0.25, 0.3) is 5.56 Å². The van der Waals surface area contributed by atoms with Gasteiger partial charge in [-0.1, -0.05) is 11.6 Å². The summed E-state index contributed by atoms with van der Waals surface area (Å²) < 4.78 is 36.1. The number of pyridine rings is 2. The second kappa shape index (κ2) is 8.57. The molecule has 1 saturated carbocycles. The topological polar surface area (TPSA) is 64.7 Å². The van der Waals surface area contributed by atoms with Gasteiger partial charge < -0.3 is 9.64 Å². The van der Waals surface area contributed by atoms with E-state index < -0.39 is 12.4 Å². The van der Waals surface area contributed by atoms with Crippen LogP contribution in [0.4, 0.5) is 8.78 Å². The monoisotopic (exact) mass is 499 g/mol. The molecule has 0 amide bonds. The van der Waals surface area contributed by atoms with Crippen molar-refractivity contribution in [3.05, 3.63) is 69.7 Å². The highest BCUT2D eigenvalue weighted by Crippen LogP contribution is 2.50. The first-order chi connectivity index (χ1) is 16.9. The van der Waals surface area contributed by atoms with Crippen LogP contribution in [-0.2, 0) is 13.2 Å². The van der Waals surface area contributed by atoms with Crippen molar-refractivity contribution in [1.29, 1.82) is 0 Å². The fourth-order valence-corrected chi connectivity index (χ4v) is 5.83. The van der Waals surface area contributed by atoms with Gasteiger partial charge in [0.15, 0.2) is 12.4 Å². The molecule has 1 saturated heterocycles. The predicted octanol–water partition coefficient (Wildman–Crippen LogP) is 4.24. The first-order valence-corrected chi connectivity index (χ1v) is 12.1. The Balaban J connectivity index is 1.02. The zero-order chi connectivity index (χ0) is 24.2. The Bertz CT molecular complexity index is 1470. The Morgan fingerprint density at radius 1 is 1.23 bits per heavy atom. The van der Waals surface area contributed by atoms with Crippen LogP contribution < -0.4 is 10.3 Å². The van der Waals surface area contributed by atoms with Gasteiger partial charge in [0.2, 0.25) is 0 Å². The standard InChI is InChI=1S/C25H24ClF2N5O2/c26-19-3-4-21(18-5-7-32(14-27)24(34)23(18)19)35-17-9-25(10-17)12-31(13-25)6-1-2-16-8-22-30-29-15-33(22)11-20(16)28/h3-5,7-8,11,15,17H,1-2,6,9-10,12-14H2. The van der Waals surface area contributed by atoms with Crippen LogP contribution >= 0.6 is 11.6 Å². The van der Waals surface area contributed by atoms with Gasteiger partial charge in [-0.05, 0) is 62.1 Å². The van der Waals surface area contributed by atoms with Crippen LogP contribution in [0.1, 0.15) is 24.8 Å². The lowest BCUT2D eigenvalue weighted by atomic mass is 9.61. The molecule has 0 bridgehead atoms. The van der Waals surface area contributed by atoms with Crippen LogP contribution in [0.25, 0.3) is 16.4 Å². The van der Waals surface area contributed by atoms with Crippen molar-refractivity contribution in [2.24, 2.45) is 5.41 Å². The molecule has 2 fully saturated rings. The van der Waals surface area contributed by atoms with Gasteiger partial charge in [0.1, 0.15) is 17.9 Å². The maximum Gasteiger partial charge on any atom is 0.262 e. The number of fused-ring (bicyclic) bond motifs is 2. The summed E-state index contributed by atoms with van der Waals surface area (Å²) in [6.07, 6.45) is 7.88. The van der Waals surface area contributed by atoms with E-state index in [2.05, 4.69) is 15.1 Å². The molecule has 35 heavy (non-hydrogen) atoms. The van der Waals surface area contributed by atoms with Crippen LogP contribution in [0.3, 0.4) is 0 Å². The molecule has 1 aliphatic carbocycles. The SMILES string of the molecule is O=c1c2c(Cl)ccc(OC3CC4(C3)CN(CCCc3cc5nncn5cc3F)C4)c2ccn1CF. The molecular weight excluding hydrogens is 476 g/mol. The van der Waals surface area contributed by atoms with E-state index in [1.165, 1.54) is 18.7 Å². The molecule has 0 atom stereocenters. The molecule has 4 aromatic rings. The maximum atomic E-state index is 14.3. The van der Waals surface area contributed by atoms with Crippen molar-refractivity contribution < 1.29 is 13.5 Å². The van der Waals surface area contributed by atoms with E-state index in [9.17, 15) is 13.6 Å². The minimum absolute atomic E-state index is 0.0779. The molecule has 182 valence electrons. The number of aryl methyl sites for hydroxylation is 1. The first-order valence-electron chi connectivity index (χ1n) is 11.7. The van der Waals surface area contributed by atoms with Gasteiger partial charge in [-0.25, -0.2) is 8.78 Å². The second-order valence-electron chi connectivity index (χ2n) is 9.75. The number of halogens is 3. The molecule has 1 aromatic carbocycles. The largest absolute Gasteiger partial charge is 0.490 e. The number of ether oxygens (including phenoxy) is 1. The van der Waals surface area contributed by atoms with E-state index in [0.29, 0.717) is 33.8 Å². The lowest BCUT2D eigenvalue weighted by Crippen LogP contribution is -2.64. The highest BCUT2D eigenvalue weighted by molar-refractivity contribution is 6.35. The van der Waals surface area contributed by atoms with E-state index in [-0.39, 0.29) is 22.7 Å². The third-order valence-corrected chi connectivity index (χ3v) is 7.61. The van der Waals surface area contributed by atoms with Crippen LogP contribution in [0.15, 0.2) is 47.8 Å². The normalized spacial score (nSPS) is 17.7. The first kappa shape index (κ1) is 22.4. The number of hydrogen-bond acceptors (Lipinski definition) is 5. The molecule has 2 aliphatic rings. The average molecular weight is 500 g/mol. The summed E-state index contributed by atoms with van der Waals surface area (Å²) in [7, 11) is 0. The van der Waals surface area contributed by atoms with Crippen LogP contribution in [-0.4, -0.2) is 49.8 Å². The van der Waals surface area contributed by atoms with Gasteiger partial charge in [-0.3, -0.25) is 13.8 Å². The quantitative estimate of drug-likeness (QED) is 0.380. The fraction of sp³-hybridized carbons (Fsp3) is 0.400. The Morgan fingerprint density at radius 2 is 2.06 bits per heavy atom. The molecule has 6 rings (SSSR count). The highest BCUT2D eigenvalue weighted by atomic mass is 35.5. The molecule has 10 heteroatoms. The van der Waals surface area contributed by atoms with Crippen molar-refractivity contribution in [2.45, 2.75) is 38.6 Å². The molecule has 0 unspecified atom stereocenters. The molecule has 0 radical (unpaired) electrons. The van der Waals surface area contributed by atoms with E-state index >= 15 is 0 Å². The van der Waals surface area contributed by atoms with Gasteiger partial charge in [-0.2, -0.15) is 0 Å². The average Bonchev–Trinajstić information content (AvgIpc) is 3.24. The number of benzene rings is 1. The highest BCUT2D eigenvalue weighted by Gasteiger charge is 2.53. The number of rotatable bonds is 7. The fourth-order valence-electron chi connectivity index (χ4n) is 5.59. The van der Waals surface area contributed by atoms with E-state index in [0.717, 1.165) is 43.5 Å².